The number of aromatic nitrogens is 2. The Bertz CT molecular complexity index is 3990. The first-order valence-corrected chi connectivity index (χ1v) is 24.3. The number of allylic oxidation sites excluding steroid dienone is 3. The molecule has 0 atom stereocenters. The normalized spacial score (nSPS) is 12.9. The van der Waals surface area contributed by atoms with Crippen molar-refractivity contribution in [3.63, 3.8) is 0 Å². The van der Waals surface area contributed by atoms with Crippen molar-refractivity contribution in [3.05, 3.63) is 241 Å². The van der Waals surface area contributed by atoms with Crippen molar-refractivity contribution in [2.75, 3.05) is 0 Å². The molecule has 0 aliphatic carbocycles. The number of unbranched alkanes of at least 4 members (excludes halogenated alkanes) is 1. The van der Waals surface area contributed by atoms with E-state index >= 15 is 0 Å². The van der Waals surface area contributed by atoms with Crippen LogP contribution in [0.3, 0.4) is 0 Å². The van der Waals surface area contributed by atoms with Crippen LogP contribution in [0.15, 0.2) is 233 Å². The molecule has 9 aromatic carbocycles. The fraction of sp³-hybridized carbons (Fsp3) is 0.0923. The van der Waals surface area contributed by atoms with E-state index in [2.05, 4.69) is 242 Å². The molecule has 3 heterocycles. The highest BCUT2D eigenvalue weighted by Crippen LogP contribution is 2.42. The van der Waals surface area contributed by atoms with Crippen LogP contribution in [0.4, 0.5) is 0 Å². The van der Waals surface area contributed by atoms with E-state index in [1.807, 2.05) is 6.07 Å². The summed E-state index contributed by atoms with van der Waals surface area (Å²) in [5, 5.41) is 7.22. The zero-order chi connectivity index (χ0) is 46.4. The summed E-state index contributed by atoms with van der Waals surface area (Å²) in [4.78, 5) is 5.79. The van der Waals surface area contributed by atoms with Crippen molar-refractivity contribution < 1.29 is 4.42 Å². The Kier molecular flexibility index (Phi) is 10.7. The lowest BCUT2D eigenvalue weighted by molar-refractivity contribution is 0.669. The minimum atomic E-state index is 0.787. The molecule has 12 rings (SSSR count). The standard InChI is InChI=1S/C65H51N3O/c1-4-6-34-57(66-65(45-25-12-8-13-26-45)50(5-2)43(3)47-39-54(44-23-10-7-11-24-44)64-53-33-18-21-37-62(53)69-63(64)40-47)46-27-22-30-49(38-46)68-59-36-20-17-32-52(59)56-41-55-51-31-16-19-35-58(51)67(60(55)42-61(56)68)48-28-14-9-15-29-48/h7-42H,4-6H2,1-3H3/b50-43?,57-34+,66-65?. The van der Waals surface area contributed by atoms with Crippen LogP contribution >= 0.6 is 0 Å². The Balaban J connectivity index is 1.05. The Morgan fingerprint density at radius 3 is 1.74 bits per heavy atom. The van der Waals surface area contributed by atoms with Gasteiger partial charge in [-0.1, -0.05) is 172 Å². The second kappa shape index (κ2) is 17.6. The molecule has 4 heteroatoms. The first-order valence-electron chi connectivity index (χ1n) is 24.3. The van der Waals surface area contributed by atoms with Gasteiger partial charge in [0.1, 0.15) is 11.2 Å². The summed E-state index contributed by atoms with van der Waals surface area (Å²) >= 11 is 0. The highest BCUT2D eigenvalue weighted by atomic mass is 16.3. The van der Waals surface area contributed by atoms with Crippen LogP contribution in [-0.4, -0.2) is 14.8 Å². The van der Waals surface area contributed by atoms with Gasteiger partial charge in [0, 0.05) is 54.8 Å². The summed E-state index contributed by atoms with van der Waals surface area (Å²) < 4.78 is 11.5. The highest BCUT2D eigenvalue weighted by molar-refractivity contribution is 6.21. The second-order valence-corrected chi connectivity index (χ2v) is 18.0. The van der Waals surface area contributed by atoms with Gasteiger partial charge in [0.25, 0.3) is 0 Å². The van der Waals surface area contributed by atoms with Gasteiger partial charge in [0.2, 0.25) is 0 Å². The molecule has 0 fully saturated rings. The largest absolute Gasteiger partial charge is 0.456 e. The van der Waals surface area contributed by atoms with Crippen molar-refractivity contribution in [1.82, 2.24) is 9.13 Å². The summed E-state index contributed by atoms with van der Waals surface area (Å²) in [6.45, 7) is 6.74. The lowest BCUT2D eigenvalue weighted by atomic mass is 9.89. The van der Waals surface area contributed by atoms with Crippen molar-refractivity contribution in [2.45, 2.75) is 40.0 Å². The van der Waals surface area contributed by atoms with Gasteiger partial charge in [-0.2, -0.15) is 0 Å². The number of hydrogen-bond acceptors (Lipinski definition) is 2. The van der Waals surface area contributed by atoms with Crippen molar-refractivity contribution >= 4 is 82.5 Å². The average molecular weight is 890 g/mol. The summed E-state index contributed by atoms with van der Waals surface area (Å²) in [5.41, 5.74) is 18.6. The predicted octanol–water partition coefficient (Wildman–Crippen LogP) is 18.0. The number of fused-ring (bicyclic) bond motifs is 9. The quantitative estimate of drug-likeness (QED) is 0.119. The second-order valence-electron chi connectivity index (χ2n) is 18.0. The van der Waals surface area contributed by atoms with E-state index in [1.165, 1.54) is 49.2 Å². The van der Waals surface area contributed by atoms with Gasteiger partial charge in [-0.15, -0.1) is 0 Å². The van der Waals surface area contributed by atoms with E-state index in [0.29, 0.717) is 0 Å². The van der Waals surface area contributed by atoms with Crippen molar-refractivity contribution in [2.24, 2.45) is 4.99 Å². The van der Waals surface area contributed by atoms with Gasteiger partial charge in [-0.05, 0) is 114 Å². The van der Waals surface area contributed by atoms with Crippen LogP contribution in [-0.2, 0) is 0 Å². The molecule has 0 saturated heterocycles. The monoisotopic (exact) mass is 889 g/mol. The van der Waals surface area contributed by atoms with Crippen LogP contribution < -0.4 is 0 Å². The van der Waals surface area contributed by atoms with Crippen LogP contribution in [0.5, 0.6) is 0 Å². The third-order valence-electron chi connectivity index (χ3n) is 13.9. The van der Waals surface area contributed by atoms with E-state index < -0.39 is 0 Å². The molecule has 12 aromatic rings. The SMILES string of the molecule is CCC/C=C(/N=C(C(CC)=C(C)c1cc(-c2ccccc2)c2c(c1)oc1ccccc12)c1ccccc1)c1cccc(-n2c3ccccc3c3cc4c5ccccc5n(-c5ccccc5)c4cc32)c1. The average Bonchev–Trinajstić information content (AvgIpc) is 4.06. The predicted molar refractivity (Wildman–Crippen MR) is 293 cm³/mol. The minimum Gasteiger partial charge on any atom is -0.456 e. The number of hydrogen-bond donors (Lipinski definition) is 0. The molecule has 0 amide bonds. The van der Waals surface area contributed by atoms with E-state index in [-0.39, 0.29) is 0 Å². The van der Waals surface area contributed by atoms with Crippen molar-refractivity contribution in [1.29, 1.82) is 0 Å². The number of furan rings is 1. The van der Waals surface area contributed by atoms with E-state index in [0.717, 1.165) is 97.3 Å². The fourth-order valence-electron chi connectivity index (χ4n) is 10.6. The summed E-state index contributed by atoms with van der Waals surface area (Å²) in [6.07, 6.45) is 5.02. The molecule has 0 N–H and O–H groups in total. The third-order valence-corrected chi connectivity index (χ3v) is 13.9. The molecule has 0 unspecified atom stereocenters. The molecule has 4 nitrogen and oxygen atoms in total. The van der Waals surface area contributed by atoms with Gasteiger partial charge < -0.3 is 13.6 Å². The van der Waals surface area contributed by atoms with Crippen molar-refractivity contribution in [3.8, 4) is 22.5 Å². The number of nitrogens with zero attached hydrogens (tertiary/aromatic N) is 3. The molecule has 69 heavy (non-hydrogen) atoms. The number of rotatable bonds is 11. The smallest absolute Gasteiger partial charge is 0.136 e. The number of para-hydroxylation sites is 4. The van der Waals surface area contributed by atoms with Gasteiger partial charge in [0.05, 0.1) is 33.5 Å². The van der Waals surface area contributed by atoms with E-state index in [9.17, 15) is 0 Å². The Hall–Kier alpha value is -8.47. The first kappa shape index (κ1) is 41.9. The minimum absolute atomic E-state index is 0.787. The molecule has 0 spiro atoms. The summed E-state index contributed by atoms with van der Waals surface area (Å²) in [5.74, 6) is 0. The molecule has 0 aliphatic heterocycles. The van der Waals surface area contributed by atoms with Crippen LogP contribution in [0.25, 0.3) is 99.3 Å². The van der Waals surface area contributed by atoms with Gasteiger partial charge in [-0.3, -0.25) is 0 Å². The molecule has 0 radical (unpaired) electrons. The molecular formula is C65H51N3O. The Morgan fingerprint density at radius 1 is 0.478 bits per heavy atom. The molecule has 0 bridgehead atoms. The van der Waals surface area contributed by atoms with Gasteiger partial charge in [0.15, 0.2) is 0 Å². The third kappa shape index (κ3) is 7.28. The van der Waals surface area contributed by atoms with Crippen LogP contribution in [0.1, 0.15) is 56.7 Å². The lowest BCUT2D eigenvalue weighted by Gasteiger charge is -2.17. The first-order chi connectivity index (χ1) is 34.1. The number of benzene rings is 9. The molecule has 0 saturated carbocycles. The van der Waals surface area contributed by atoms with Gasteiger partial charge >= 0.3 is 0 Å². The van der Waals surface area contributed by atoms with E-state index in [4.69, 9.17) is 9.41 Å². The lowest BCUT2D eigenvalue weighted by Crippen LogP contribution is -2.08. The molecule has 3 aromatic heterocycles. The Labute approximate surface area is 402 Å². The zero-order valence-electron chi connectivity index (χ0n) is 39.2. The maximum Gasteiger partial charge on any atom is 0.136 e. The maximum atomic E-state index is 6.62. The summed E-state index contributed by atoms with van der Waals surface area (Å²) in [7, 11) is 0. The maximum absolute atomic E-state index is 6.62. The van der Waals surface area contributed by atoms with Gasteiger partial charge in [-0.25, -0.2) is 4.99 Å². The Morgan fingerprint density at radius 2 is 1.06 bits per heavy atom. The molecule has 0 aliphatic rings. The van der Waals surface area contributed by atoms with Crippen LogP contribution in [0, 0.1) is 0 Å². The highest BCUT2D eigenvalue weighted by Gasteiger charge is 2.21. The zero-order valence-corrected chi connectivity index (χ0v) is 39.2. The molecule has 332 valence electrons. The fourth-order valence-corrected chi connectivity index (χ4v) is 10.6. The van der Waals surface area contributed by atoms with Crippen LogP contribution in [0.2, 0.25) is 0 Å². The number of aliphatic imine (C=N–C) groups is 1. The molecular weight excluding hydrogens is 839 g/mol. The van der Waals surface area contributed by atoms with E-state index in [1.54, 1.807) is 0 Å². The summed E-state index contributed by atoms with van der Waals surface area (Å²) in [6, 6.07) is 76.5. The topological polar surface area (TPSA) is 35.4 Å².